The molecular weight excluding hydrogens is 252 g/mol. The molecule has 2 aromatic heterocycles. The van der Waals surface area contributed by atoms with Gasteiger partial charge in [-0.05, 0) is 13.3 Å². The zero-order chi connectivity index (χ0) is 14.5. The van der Waals surface area contributed by atoms with Crippen molar-refractivity contribution < 1.29 is 0 Å². The summed E-state index contributed by atoms with van der Waals surface area (Å²) in [5.41, 5.74) is 0. The lowest BCUT2D eigenvalue weighted by Gasteiger charge is -2.08. The van der Waals surface area contributed by atoms with E-state index in [1.807, 2.05) is 17.7 Å². The third kappa shape index (κ3) is 3.12. The summed E-state index contributed by atoms with van der Waals surface area (Å²) in [5, 5.41) is 7.81. The van der Waals surface area contributed by atoms with Gasteiger partial charge in [0.05, 0.1) is 0 Å². The minimum absolute atomic E-state index is 0.733. The largest absolute Gasteiger partial charge is 0.370 e. The lowest BCUT2D eigenvalue weighted by molar-refractivity contribution is 0.759. The van der Waals surface area contributed by atoms with Crippen molar-refractivity contribution in [3.05, 3.63) is 23.5 Å². The fraction of sp³-hybridized carbons (Fsp3) is 0.571. The van der Waals surface area contributed by atoms with Crippen molar-refractivity contribution in [2.45, 2.75) is 47.0 Å². The number of anilines is 1. The predicted molar refractivity (Wildman–Crippen MR) is 79.2 cm³/mol. The molecule has 1 N–H and O–H groups in total. The normalized spacial score (nSPS) is 10.8. The van der Waals surface area contributed by atoms with E-state index in [0.29, 0.717) is 0 Å². The zero-order valence-electron chi connectivity index (χ0n) is 12.6. The van der Waals surface area contributed by atoms with Crippen molar-refractivity contribution in [3.63, 3.8) is 0 Å². The number of aryl methyl sites for hydroxylation is 3. The topological polar surface area (TPSA) is 68.5 Å². The second-order valence-electron chi connectivity index (χ2n) is 4.65. The predicted octanol–water partition coefficient (Wildman–Crippen LogP) is 2.31. The fourth-order valence-electron chi connectivity index (χ4n) is 1.96. The van der Waals surface area contributed by atoms with Crippen LogP contribution in [0.25, 0.3) is 5.82 Å². The maximum absolute atomic E-state index is 4.52. The number of hydrogen-bond donors (Lipinski definition) is 1. The van der Waals surface area contributed by atoms with E-state index in [2.05, 4.69) is 46.1 Å². The molecule has 2 aromatic rings. The highest BCUT2D eigenvalue weighted by Crippen LogP contribution is 2.13. The molecule has 0 aliphatic rings. The van der Waals surface area contributed by atoms with E-state index in [4.69, 9.17) is 0 Å². The number of nitrogens with zero attached hydrogens (tertiary/aromatic N) is 5. The molecule has 0 aliphatic heterocycles. The Kier molecular flexibility index (Phi) is 4.65. The molecule has 0 saturated carbocycles. The quantitative estimate of drug-likeness (QED) is 0.875. The van der Waals surface area contributed by atoms with E-state index in [-0.39, 0.29) is 0 Å². The molecule has 108 valence electrons. The van der Waals surface area contributed by atoms with Crippen molar-refractivity contribution in [3.8, 4) is 5.82 Å². The average molecular weight is 274 g/mol. The Balaban J connectivity index is 2.40. The van der Waals surface area contributed by atoms with E-state index in [0.717, 1.165) is 54.9 Å². The number of hydrogen-bond acceptors (Lipinski definition) is 5. The monoisotopic (exact) mass is 274 g/mol. The van der Waals surface area contributed by atoms with Crippen LogP contribution in [-0.2, 0) is 12.8 Å². The van der Waals surface area contributed by atoms with Crippen LogP contribution in [0.5, 0.6) is 0 Å². The lowest BCUT2D eigenvalue weighted by Crippen LogP contribution is -2.09. The molecule has 6 nitrogen and oxygen atoms in total. The summed E-state index contributed by atoms with van der Waals surface area (Å²) in [7, 11) is 0. The van der Waals surface area contributed by atoms with Gasteiger partial charge in [-0.3, -0.25) is 0 Å². The summed E-state index contributed by atoms with van der Waals surface area (Å²) in [4.78, 5) is 13.4. The first-order chi connectivity index (χ1) is 9.67. The van der Waals surface area contributed by atoms with Crippen LogP contribution in [0.4, 0.5) is 5.82 Å². The molecule has 0 aromatic carbocycles. The van der Waals surface area contributed by atoms with Gasteiger partial charge in [0, 0.05) is 25.5 Å². The molecule has 0 amide bonds. The molecule has 0 saturated heterocycles. The first-order valence-corrected chi connectivity index (χ1v) is 7.22. The van der Waals surface area contributed by atoms with Gasteiger partial charge in [-0.1, -0.05) is 20.8 Å². The van der Waals surface area contributed by atoms with Crippen LogP contribution >= 0.6 is 0 Å². The SMILES string of the molecule is CCCNc1cc(-n2nc(CC)nc2CC)nc(C)n1. The van der Waals surface area contributed by atoms with Gasteiger partial charge < -0.3 is 5.32 Å². The Labute approximate surface area is 119 Å². The van der Waals surface area contributed by atoms with E-state index < -0.39 is 0 Å². The molecule has 2 heterocycles. The molecule has 0 atom stereocenters. The smallest absolute Gasteiger partial charge is 0.161 e. The molecule has 0 aliphatic carbocycles. The van der Waals surface area contributed by atoms with Gasteiger partial charge in [0.2, 0.25) is 0 Å². The summed E-state index contributed by atoms with van der Waals surface area (Å²) in [6.07, 6.45) is 2.71. The van der Waals surface area contributed by atoms with Gasteiger partial charge in [0.15, 0.2) is 11.6 Å². The van der Waals surface area contributed by atoms with Gasteiger partial charge in [0.1, 0.15) is 17.5 Å². The Bertz CT molecular complexity index is 575. The fourth-order valence-corrected chi connectivity index (χ4v) is 1.96. The van der Waals surface area contributed by atoms with Gasteiger partial charge in [-0.15, -0.1) is 5.10 Å². The molecule has 20 heavy (non-hydrogen) atoms. The second-order valence-corrected chi connectivity index (χ2v) is 4.65. The van der Waals surface area contributed by atoms with E-state index in [9.17, 15) is 0 Å². The maximum Gasteiger partial charge on any atom is 0.161 e. The van der Waals surface area contributed by atoms with Crippen LogP contribution in [0.1, 0.15) is 44.7 Å². The Morgan fingerprint density at radius 3 is 2.55 bits per heavy atom. The third-order valence-electron chi connectivity index (χ3n) is 2.95. The number of nitrogens with one attached hydrogen (secondary N) is 1. The Hall–Kier alpha value is -1.98. The van der Waals surface area contributed by atoms with Gasteiger partial charge in [-0.25, -0.2) is 15.0 Å². The maximum atomic E-state index is 4.52. The van der Waals surface area contributed by atoms with Crippen LogP contribution < -0.4 is 5.32 Å². The highest BCUT2D eigenvalue weighted by atomic mass is 15.4. The molecule has 0 unspecified atom stereocenters. The molecule has 0 radical (unpaired) electrons. The van der Waals surface area contributed by atoms with Crippen LogP contribution in [0.15, 0.2) is 6.07 Å². The van der Waals surface area contributed by atoms with Crippen LogP contribution in [-0.4, -0.2) is 31.3 Å². The van der Waals surface area contributed by atoms with Crippen LogP contribution in [0.2, 0.25) is 0 Å². The lowest BCUT2D eigenvalue weighted by atomic mass is 10.4. The van der Waals surface area contributed by atoms with Crippen molar-refractivity contribution >= 4 is 5.82 Å². The van der Waals surface area contributed by atoms with Crippen molar-refractivity contribution in [2.24, 2.45) is 0 Å². The molecule has 2 rings (SSSR count). The summed E-state index contributed by atoms with van der Waals surface area (Å²) in [5.74, 6) is 4.13. The first kappa shape index (κ1) is 14.4. The molecular formula is C14H22N6. The highest BCUT2D eigenvalue weighted by Gasteiger charge is 2.11. The van der Waals surface area contributed by atoms with E-state index in [1.54, 1.807) is 0 Å². The number of aromatic nitrogens is 5. The summed E-state index contributed by atoms with van der Waals surface area (Å²) >= 11 is 0. The van der Waals surface area contributed by atoms with Gasteiger partial charge in [0.25, 0.3) is 0 Å². The summed E-state index contributed by atoms with van der Waals surface area (Å²) < 4.78 is 1.82. The van der Waals surface area contributed by atoms with Crippen molar-refractivity contribution in [2.75, 3.05) is 11.9 Å². The first-order valence-electron chi connectivity index (χ1n) is 7.22. The van der Waals surface area contributed by atoms with Crippen molar-refractivity contribution in [1.82, 2.24) is 24.7 Å². The molecule has 0 spiro atoms. The van der Waals surface area contributed by atoms with E-state index in [1.165, 1.54) is 0 Å². The second kappa shape index (κ2) is 6.45. The zero-order valence-corrected chi connectivity index (χ0v) is 12.6. The minimum Gasteiger partial charge on any atom is -0.370 e. The summed E-state index contributed by atoms with van der Waals surface area (Å²) in [6.45, 7) is 9.04. The highest BCUT2D eigenvalue weighted by molar-refractivity contribution is 5.41. The van der Waals surface area contributed by atoms with Crippen LogP contribution in [0.3, 0.4) is 0 Å². The van der Waals surface area contributed by atoms with Crippen molar-refractivity contribution in [1.29, 1.82) is 0 Å². The average Bonchev–Trinajstić information content (AvgIpc) is 2.88. The number of rotatable bonds is 6. The molecule has 6 heteroatoms. The Morgan fingerprint density at radius 2 is 1.90 bits per heavy atom. The third-order valence-corrected chi connectivity index (χ3v) is 2.95. The van der Waals surface area contributed by atoms with Gasteiger partial charge >= 0.3 is 0 Å². The van der Waals surface area contributed by atoms with E-state index >= 15 is 0 Å². The minimum atomic E-state index is 0.733. The molecule has 0 bridgehead atoms. The standard InChI is InChI=1S/C14H22N6/c1-5-8-15-12-9-14(17-10(4)16-12)20-13(7-3)18-11(6-2)19-20/h9H,5-8H2,1-4H3,(H,15,16,17). The van der Waals surface area contributed by atoms with Crippen LogP contribution in [0, 0.1) is 6.92 Å². The summed E-state index contributed by atoms with van der Waals surface area (Å²) in [6, 6.07) is 1.93. The Morgan fingerprint density at radius 1 is 1.10 bits per heavy atom. The van der Waals surface area contributed by atoms with Gasteiger partial charge in [-0.2, -0.15) is 4.68 Å². The molecule has 0 fully saturated rings.